The van der Waals surface area contributed by atoms with Crippen molar-refractivity contribution in [2.75, 3.05) is 25.0 Å². The number of aryl methyl sites for hydroxylation is 1. The molecule has 0 bridgehead atoms. The summed E-state index contributed by atoms with van der Waals surface area (Å²) in [5.41, 5.74) is 2.41. The van der Waals surface area contributed by atoms with Crippen molar-refractivity contribution in [1.82, 2.24) is 20.1 Å². The predicted octanol–water partition coefficient (Wildman–Crippen LogP) is 4.87. The first-order valence-corrected chi connectivity index (χ1v) is 11.7. The maximum absolute atomic E-state index is 5.94. The van der Waals surface area contributed by atoms with Crippen molar-refractivity contribution in [1.29, 1.82) is 0 Å². The summed E-state index contributed by atoms with van der Waals surface area (Å²) in [6.07, 6.45) is 3.23. The minimum absolute atomic E-state index is 0.692. The number of nitrogens with one attached hydrogen (secondary N) is 1. The number of thiazole rings is 1. The van der Waals surface area contributed by atoms with E-state index in [0.717, 1.165) is 52.8 Å². The van der Waals surface area contributed by atoms with Gasteiger partial charge in [-0.15, -0.1) is 21.5 Å². The number of benzene rings is 1. The quantitative estimate of drug-likeness (QED) is 0.576. The third kappa shape index (κ3) is 5.50. The Balaban J connectivity index is 1.20. The second-order valence-corrected chi connectivity index (χ2v) is 9.82. The lowest BCUT2D eigenvalue weighted by Gasteiger charge is -2.31. The molecule has 1 saturated heterocycles. The number of piperidine rings is 1. The molecule has 0 unspecified atom stereocenters. The van der Waals surface area contributed by atoms with Gasteiger partial charge in [-0.1, -0.05) is 35.1 Å². The molecule has 2 aromatic heterocycles. The third-order valence-electron chi connectivity index (χ3n) is 5.04. The number of likely N-dealkylation sites (tertiary alicyclic amines) is 1. The number of aromatic nitrogens is 3. The highest BCUT2D eigenvalue weighted by molar-refractivity contribution is 7.15. The van der Waals surface area contributed by atoms with Crippen LogP contribution < -0.4 is 5.32 Å². The summed E-state index contributed by atoms with van der Waals surface area (Å²) in [6.45, 7) is 6.30. The van der Waals surface area contributed by atoms with E-state index in [1.54, 1.807) is 22.7 Å². The van der Waals surface area contributed by atoms with Crippen LogP contribution in [0.2, 0.25) is 5.02 Å². The van der Waals surface area contributed by atoms with Crippen molar-refractivity contribution in [3.63, 3.8) is 0 Å². The van der Waals surface area contributed by atoms with Gasteiger partial charge in [-0.05, 0) is 56.5 Å². The Morgan fingerprint density at radius 3 is 2.68 bits per heavy atom. The maximum atomic E-state index is 5.94. The fourth-order valence-electron chi connectivity index (χ4n) is 3.46. The van der Waals surface area contributed by atoms with E-state index in [1.807, 2.05) is 24.3 Å². The van der Waals surface area contributed by atoms with Crippen LogP contribution in [0, 0.1) is 12.8 Å². The molecule has 3 aromatic rings. The fraction of sp³-hybridized carbons (Fsp3) is 0.450. The minimum atomic E-state index is 0.692. The smallest absolute Gasteiger partial charge is 0.205 e. The summed E-state index contributed by atoms with van der Waals surface area (Å²) in [7, 11) is 0. The van der Waals surface area contributed by atoms with Gasteiger partial charge >= 0.3 is 0 Å². The van der Waals surface area contributed by atoms with E-state index in [2.05, 4.69) is 37.7 Å². The van der Waals surface area contributed by atoms with Gasteiger partial charge in [-0.3, -0.25) is 4.90 Å². The van der Waals surface area contributed by atoms with Crippen molar-refractivity contribution in [3.05, 3.63) is 55.9 Å². The van der Waals surface area contributed by atoms with E-state index in [4.69, 9.17) is 11.6 Å². The molecule has 28 heavy (non-hydrogen) atoms. The van der Waals surface area contributed by atoms with Crippen LogP contribution in [0.1, 0.15) is 34.1 Å². The van der Waals surface area contributed by atoms with Crippen LogP contribution in [0.4, 0.5) is 5.13 Å². The lowest BCUT2D eigenvalue weighted by Crippen LogP contribution is -2.35. The Morgan fingerprint density at radius 1 is 1.18 bits per heavy atom. The molecule has 3 heterocycles. The van der Waals surface area contributed by atoms with Gasteiger partial charge < -0.3 is 5.32 Å². The van der Waals surface area contributed by atoms with Crippen molar-refractivity contribution >= 4 is 39.4 Å². The number of halogens is 1. The Hall–Kier alpha value is -1.54. The van der Waals surface area contributed by atoms with Gasteiger partial charge in [0.2, 0.25) is 5.13 Å². The predicted molar refractivity (Wildman–Crippen MR) is 118 cm³/mol. The molecule has 4 rings (SSSR count). The third-order valence-corrected chi connectivity index (χ3v) is 6.99. The van der Waals surface area contributed by atoms with Gasteiger partial charge in [-0.2, -0.15) is 0 Å². The lowest BCUT2D eigenvalue weighted by molar-refractivity contribution is 0.181. The number of anilines is 1. The molecule has 1 aliphatic heterocycles. The molecule has 0 amide bonds. The summed E-state index contributed by atoms with van der Waals surface area (Å²) < 4.78 is 0. The Labute approximate surface area is 178 Å². The summed E-state index contributed by atoms with van der Waals surface area (Å²) in [5.74, 6) is 0.692. The van der Waals surface area contributed by atoms with E-state index in [-0.39, 0.29) is 0 Å². The van der Waals surface area contributed by atoms with Crippen LogP contribution in [0.5, 0.6) is 0 Å². The first kappa shape index (κ1) is 19.8. The van der Waals surface area contributed by atoms with Gasteiger partial charge in [-0.25, -0.2) is 4.98 Å². The van der Waals surface area contributed by atoms with Gasteiger partial charge in [0.25, 0.3) is 0 Å². The summed E-state index contributed by atoms with van der Waals surface area (Å²) in [5, 5.41) is 18.2. The first-order valence-electron chi connectivity index (χ1n) is 9.58. The van der Waals surface area contributed by atoms with E-state index in [9.17, 15) is 0 Å². The van der Waals surface area contributed by atoms with Crippen LogP contribution in [0.3, 0.4) is 0 Å². The zero-order valence-electron chi connectivity index (χ0n) is 15.9. The maximum Gasteiger partial charge on any atom is 0.205 e. The molecule has 0 atom stereocenters. The average molecular weight is 434 g/mol. The molecular weight excluding hydrogens is 410 g/mol. The zero-order valence-corrected chi connectivity index (χ0v) is 18.3. The number of hydrogen-bond donors (Lipinski definition) is 1. The Morgan fingerprint density at radius 2 is 1.96 bits per heavy atom. The van der Waals surface area contributed by atoms with Crippen LogP contribution in [-0.2, 0) is 13.0 Å². The highest BCUT2D eigenvalue weighted by atomic mass is 35.5. The molecule has 5 nitrogen and oxygen atoms in total. The topological polar surface area (TPSA) is 53.9 Å². The molecule has 8 heteroatoms. The molecule has 1 aliphatic rings. The second-order valence-electron chi connectivity index (χ2n) is 7.26. The summed E-state index contributed by atoms with van der Waals surface area (Å²) >= 11 is 9.32. The van der Waals surface area contributed by atoms with Crippen LogP contribution in [0.15, 0.2) is 29.6 Å². The average Bonchev–Trinajstić information content (AvgIpc) is 3.32. The fourth-order valence-corrected chi connectivity index (χ4v) is 4.97. The molecule has 148 valence electrons. The van der Waals surface area contributed by atoms with E-state index >= 15 is 0 Å². The van der Waals surface area contributed by atoms with Gasteiger partial charge in [0.15, 0.2) is 0 Å². The van der Waals surface area contributed by atoms with Crippen molar-refractivity contribution in [2.45, 2.75) is 32.7 Å². The summed E-state index contributed by atoms with van der Waals surface area (Å²) in [4.78, 5) is 7.09. The number of hydrogen-bond acceptors (Lipinski definition) is 7. The Kier molecular flexibility index (Phi) is 6.57. The number of nitrogens with zero attached hydrogens (tertiary/aromatic N) is 4. The minimum Gasteiger partial charge on any atom is -0.360 e. The molecule has 1 aromatic carbocycles. The van der Waals surface area contributed by atoms with E-state index in [0.29, 0.717) is 5.92 Å². The molecule has 0 saturated carbocycles. The Bertz CT molecular complexity index is 884. The lowest BCUT2D eigenvalue weighted by atomic mass is 9.97. The van der Waals surface area contributed by atoms with Crippen molar-refractivity contribution in [3.8, 4) is 0 Å². The largest absolute Gasteiger partial charge is 0.360 e. The second kappa shape index (κ2) is 9.31. The highest BCUT2D eigenvalue weighted by Gasteiger charge is 2.20. The molecule has 1 fully saturated rings. The van der Waals surface area contributed by atoms with Crippen LogP contribution in [0.25, 0.3) is 0 Å². The van der Waals surface area contributed by atoms with Crippen molar-refractivity contribution < 1.29 is 0 Å². The van der Waals surface area contributed by atoms with E-state index < -0.39 is 0 Å². The molecule has 0 radical (unpaired) electrons. The van der Waals surface area contributed by atoms with Crippen LogP contribution in [-0.4, -0.2) is 39.7 Å². The first-order chi connectivity index (χ1) is 13.6. The van der Waals surface area contributed by atoms with Crippen molar-refractivity contribution in [2.24, 2.45) is 5.92 Å². The highest BCUT2D eigenvalue weighted by Crippen LogP contribution is 2.23. The van der Waals surface area contributed by atoms with Gasteiger partial charge in [0, 0.05) is 29.9 Å². The van der Waals surface area contributed by atoms with Crippen LogP contribution >= 0.6 is 34.3 Å². The zero-order chi connectivity index (χ0) is 19.3. The van der Waals surface area contributed by atoms with Gasteiger partial charge in [0.1, 0.15) is 5.01 Å². The molecule has 0 aliphatic carbocycles. The standard InChI is InChI=1S/C20H24ClN5S2/c1-14-23-18(13-27-14)12-26-8-6-16(7-9-26)11-22-20-25-24-19(28-20)10-15-2-4-17(21)5-3-15/h2-5,13,16H,6-12H2,1H3,(H,22,25). The SMILES string of the molecule is Cc1nc(CN2CCC(CNc3nnc(Cc4ccc(Cl)cc4)s3)CC2)cs1. The monoisotopic (exact) mass is 433 g/mol. The molecular formula is C20H24ClN5S2. The normalized spacial score (nSPS) is 15.8. The number of rotatable bonds is 7. The van der Waals surface area contributed by atoms with E-state index in [1.165, 1.54) is 24.1 Å². The molecule has 1 N–H and O–H groups in total. The van der Waals surface area contributed by atoms with Gasteiger partial charge in [0.05, 0.1) is 10.7 Å². The molecule has 0 spiro atoms. The summed E-state index contributed by atoms with van der Waals surface area (Å²) in [6, 6.07) is 7.91.